The number of benzene rings is 2. The van der Waals surface area contributed by atoms with Crippen LogP contribution < -0.4 is 28.2 Å². The van der Waals surface area contributed by atoms with E-state index in [-0.39, 0.29) is 23.7 Å². The summed E-state index contributed by atoms with van der Waals surface area (Å²) < 4.78 is 16.6. The molecular weight excluding hydrogens is 603 g/mol. The molecule has 2 atom stereocenters. The highest BCUT2D eigenvalue weighted by molar-refractivity contribution is 6.31. The highest BCUT2D eigenvalue weighted by Gasteiger charge is 2.16. The molecule has 248 valence electrons. The van der Waals surface area contributed by atoms with Crippen molar-refractivity contribution in [2.45, 2.75) is 83.7 Å². The number of rotatable bonds is 15. The molecule has 46 heavy (non-hydrogen) atoms. The van der Waals surface area contributed by atoms with Crippen LogP contribution in [0, 0.1) is 5.82 Å². The van der Waals surface area contributed by atoms with Gasteiger partial charge < -0.3 is 27.5 Å². The summed E-state index contributed by atoms with van der Waals surface area (Å²) in [7, 11) is 0. The Hall–Kier alpha value is -3.57. The molecule has 1 saturated carbocycles. The van der Waals surface area contributed by atoms with Crippen molar-refractivity contribution in [3.05, 3.63) is 81.1 Å². The minimum absolute atomic E-state index is 0.0558. The maximum atomic E-state index is 15.1. The van der Waals surface area contributed by atoms with E-state index in [0.29, 0.717) is 40.4 Å². The molecule has 0 radical (unpaired) electrons. The summed E-state index contributed by atoms with van der Waals surface area (Å²) in [5.41, 5.74) is 20.6. The van der Waals surface area contributed by atoms with E-state index in [1.54, 1.807) is 24.4 Å². The summed E-state index contributed by atoms with van der Waals surface area (Å²) in [6.07, 6.45) is 11.6. The molecule has 1 fully saturated rings. The van der Waals surface area contributed by atoms with Crippen LogP contribution >= 0.6 is 11.6 Å². The van der Waals surface area contributed by atoms with Crippen molar-refractivity contribution < 1.29 is 4.39 Å². The van der Waals surface area contributed by atoms with Gasteiger partial charge in [0.1, 0.15) is 11.5 Å². The number of hydrogen-bond acceptors (Lipinski definition) is 6. The number of amidine groups is 1. The Morgan fingerprint density at radius 1 is 1.15 bits per heavy atom. The zero-order valence-electron chi connectivity index (χ0n) is 27.0. The molecule has 0 aliphatic heterocycles. The number of H-pyrrole nitrogens is 1. The highest BCUT2D eigenvalue weighted by Crippen LogP contribution is 2.31. The van der Waals surface area contributed by atoms with Crippen LogP contribution in [0.25, 0.3) is 28.0 Å². The third-order valence-electron chi connectivity index (χ3n) is 7.77. The van der Waals surface area contributed by atoms with Crippen molar-refractivity contribution in [2.24, 2.45) is 22.2 Å². The first-order chi connectivity index (χ1) is 22.2. The van der Waals surface area contributed by atoms with Crippen molar-refractivity contribution in [2.75, 3.05) is 19.6 Å². The number of fused-ring (bicyclic) bond motifs is 1. The Balaban J connectivity index is 0.00000151. The second kappa shape index (κ2) is 17.4. The number of nitrogens with two attached hydrogens (primary N) is 3. The lowest BCUT2D eigenvalue weighted by atomic mass is 10.0. The van der Waals surface area contributed by atoms with Crippen LogP contribution in [0.5, 0.6) is 0 Å². The number of halogens is 2. The Morgan fingerprint density at radius 3 is 2.54 bits per heavy atom. The monoisotopic (exact) mass is 650 g/mol. The van der Waals surface area contributed by atoms with Crippen molar-refractivity contribution in [3.8, 4) is 16.9 Å². The van der Waals surface area contributed by atoms with Crippen LogP contribution in [-0.4, -0.2) is 46.0 Å². The van der Waals surface area contributed by atoms with Gasteiger partial charge in [0.05, 0.1) is 22.9 Å². The van der Waals surface area contributed by atoms with Crippen LogP contribution in [0.15, 0.2) is 58.4 Å². The average molecular weight is 651 g/mol. The van der Waals surface area contributed by atoms with Gasteiger partial charge in [0.25, 0.3) is 0 Å². The standard InChI is InChI=1S/C32H42ClFN8O.C3H6/c1-3-6-27(38-13-5-14-39-29(37)18-35)22-9-11-24(12-10-22)42-19-23-17-28(40-31(23)41-32(42)43)25-15-21(8-4-7-20(2)36)16-26(33)30(25)34;1-2-3-1/h9-12,15-17,19-20,27,38H,3-8,13-14,18,35-36H2,1-2H3,(H2,37,39)(H,40,41,43);1-3H2. The fourth-order valence-corrected chi connectivity index (χ4v) is 5.37. The Morgan fingerprint density at radius 2 is 1.89 bits per heavy atom. The number of nitrogens with one attached hydrogen (secondary N) is 2. The third kappa shape index (κ3) is 10.2. The summed E-state index contributed by atoms with van der Waals surface area (Å²) in [6.45, 7) is 5.82. The molecule has 0 bridgehead atoms. The van der Waals surface area contributed by atoms with Gasteiger partial charge in [0.15, 0.2) is 5.82 Å². The summed E-state index contributed by atoms with van der Waals surface area (Å²) in [5, 5.41) is 4.33. The van der Waals surface area contributed by atoms with Gasteiger partial charge in [-0.3, -0.25) is 9.56 Å². The van der Waals surface area contributed by atoms with Crippen molar-refractivity contribution >= 4 is 28.5 Å². The Bertz CT molecular complexity index is 1640. The van der Waals surface area contributed by atoms with Crippen LogP contribution in [-0.2, 0) is 6.42 Å². The van der Waals surface area contributed by atoms with Crippen LogP contribution in [0.3, 0.4) is 0 Å². The zero-order valence-corrected chi connectivity index (χ0v) is 27.8. The Labute approximate surface area is 275 Å². The fraction of sp³-hybridized carbons (Fsp3) is 0.457. The molecule has 5 rings (SSSR count). The van der Waals surface area contributed by atoms with Gasteiger partial charge in [-0.15, -0.1) is 0 Å². The number of aromatic amines is 1. The molecule has 0 amide bonds. The van der Waals surface area contributed by atoms with E-state index in [0.717, 1.165) is 56.2 Å². The normalized spacial score (nSPS) is 14.2. The van der Waals surface area contributed by atoms with E-state index < -0.39 is 11.5 Å². The lowest BCUT2D eigenvalue weighted by molar-refractivity contribution is 0.490. The van der Waals surface area contributed by atoms with E-state index in [1.807, 2.05) is 31.2 Å². The highest BCUT2D eigenvalue weighted by atomic mass is 35.5. The SMILES string of the molecule is C1CC1.CCCC(NCCCN=C(N)CN)c1ccc(-n2cc3cc(-c4cc(CCCC(C)N)cc(Cl)c4F)[nH]c3nc2=O)cc1. The zero-order chi connectivity index (χ0) is 33.1. The van der Waals surface area contributed by atoms with E-state index in [1.165, 1.54) is 23.8 Å². The van der Waals surface area contributed by atoms with Gasteiger partial charge in [-0.25, -0.2) is 9.18 Å². The van der Waals surface area contributed by atoms with Gasteiger partial charge in [0.2, 0.25) is 0 Å². The van der Waals surface area contributed by atoms with Gasteiger partial charge in [0, 0.05) is 35.8 Å². The lowest BCUT2D eigenvalue weighted by Crippen LogP contribution is -2.25. The summed E-state index contributed by atoms with van der Waals surface area (Å²) in [5.74, 6) is -0.0494. The van der Waals surface area contributed by atoms with Gasteiger partial charge in [-0.1, -0.05) is 56.3 Å². The number of aryl methyl sites for hydroxylation is 1. The topological polar surface area (TPSA) is 153 Å². The quantitative estimate of drug-likeness (QED) is 0.0591. The number of aromatic nitrogens is 3. The molecule has 0 spiro atoms. The van der Waals surface area contributed by atoms with Gasteiger partial charge >= 0.3 is 5.69 Å². The first-order valence-corrected chi connectivity index (χ1v) is 16.8. The van der Waals surface area contributed by atoms with Crippen molar-refractivity contribution in [1.82, 2.24) is 19.9 Å². The van der Waals surface area contributed by atoms with Gasteiger partial charge in [-0.2, -0.15) is 4.98 Å². The van der Waals surface area contributed by atoms with E-state index in [9.17, 15) is 4.79 Å². The lowest BCUT2D eigenvalue weighted by Gasteiger charge is -2.19. The van der Waals surface area contributed by atoms with Crippen LogP contribution in [0.4, 0.5) is 4.39 Å². The minimum atomic E-state index is -0.516. The summed E-state index contributed by atoms with van der Waals surface area (Å²) >= 11 is 6.25. The minimum Gasteiger partial charge on any atom is -0.386 e. The average Bonchev–Trinajstić information content (AvgIpc) is 3.87. The molecule has 9 nitrogen and oxygen atoms in total. The van der Waals surface area contributed by atoms with E-state index in [4.69, 9.17) is 28.8 Å². The third-order valence-corrected chi connectivity index (χ3v) is 8.04. The second-order valence-electron chi connectivity index (χ2n) is 12.1. The first kappa shape index (κ1) is 35.3. The Kier molecular flexibility index (Phi) is 13.3. The maximum absolute atomic E-state index is 15.1. The second-order valence-corrected chi connectivity index (χ2v) is 12.5. The van der Waals surface area contributed by atoms with E-state index in [2.05, 4.69) is 27.2 Å². The van der Waals surface area contributed by atoms with Gasteiger partial charge in [-0.05, 0) is 87.0 Å². The molecule has 1 aliphatic rings. The molecule has 1 aliphatic carbocycles. The first-order valence-electron chi connectivity index (χ1n) is 16.4. The molecule has 4 aromatic rings. The number of hydrogen-bond donors (Lipinski definition) is 5. The molecule has 2 aromatic heterocycles. The molecule has 8 N–H and O–H groups in total. The number of aliphatic imine (C=N–C) groups is 1. The molecule has 2 unspecified atom stereocenters. The molecular formula is C35H48ClFN8O. The largest absolute Gasteiger partial charge is 0.386 e. The number of nitrogens with zero attached hydrogens (tertiary/aromatic N) is 3. The molecule has 11 heteroatoms. The van der Waals surface area contributed by atoms with E-state index >= 15 is 4.39 Å². The smallest absolute Gasteiger partial charge is 0.354 e. The summed E-state index contributed by atoms with van der Waals surface area (Å²) in [6, 6.07) is 13.4. The maximum Gasteiger partial charge on any atom is 0.354 e. The van der Waals surface area contributed by atoms with Crippen LogP contribution in [0.2, 0.25) is 5.02 Å². The van der Waals surface area contributed by atoms with Crippen molar-refractivity contribution in [3.63, 3.8) is 0 Å². The predicted molar refractivity (Wildman–Crippen MR) is 188 cm³/mol. The predicted octanol–water partition coefficient (Wildman–Crippen LogP) is 6.15. The molecule has 0 saturated heterocycles. The fourth-order valence-electron chi connectivity index (χ4n) is 5.12. The van der Waals surface area contributed by atoms with Crippen LogP contribution in [0.1, 0.15) is 82.4 Å². The molecule has 2 aromatic carbocycles. The molecule has 2 heterocycles. The van der Waals surface area contributed by atoms with Crippen molar-refractivity contribution in [1.29, 1.82) is 0 Å². The summed E-state index contributed by atoms with van der Waals surface area (Å²) in [4.78, 5) is 24.6.